The number of hydrogen-bond donors (Lipinski definition) is 3. The number of carboxylic acids is 1. The molecule has 0 spiro atoms. The molecular weight excluding hydrogens is 428 g/mol. The molecule has 0 aliphatic heterocycles. The van der Waals surface area contributed by atoms with Crippen molar-refractivity contribution in [1.82, 2.24) is 10.6 Å². The summed E-state index contributed by atoms with van der Waals surface area (Å²) in [6, 6.07) is -0.820. The predicted octanol–water partition coefficient (Wildman–Crippen LogP) is 4.28. The molecule has 8 fully saturated rings. The summed E-state index contributed by atoms with van der Waals surface area (Å²) in [6.07, 6.45) is 15.8. The summed E-state index contributed by atoms with van der Waals surface area (Å²) in [5, 5.41) is 15.9. The lowest BCUT2D eigenvalue weighted by molar-refractivity contribution is -0.151. The normalized spacial score (nSPS) is 44.1. The average molecular weight is 471 g/mol. The molecule has 0 heterocycles. The predicted molar refractivity (Wildman–Crippen MR) is 128 cm³/mol. The molecule has 6 nitrogen and oxygen atoms in total. The molecule has 6 heteroatoms. The van der Waals surface area contributed by atoms with Crippen LogP contribution in [0.4, 0.5) is 0 Å². The Morgan fingerprint density at radius 2 is 1.09 bits per heavy atom. The van der Waals surface area contributed by atoms with Crippen molar-refractivity contribution in [3.05, 3.63) is 0 Å². The Labute approximate surface area is 203 Å². The first kappa shape index (κ1) is 22.8. The van der Waals surface area contributed by atoms with E-state index in [1.165, 1.54) is 38.5 Å². The minimum atomic E-state index is -0.935. The summed E-state index contributed by atoms with van der Waals surface area (Å²) < 4.78 is 0. The molecule has 3 N–H and O–H groups in total. The van der Waals surface area contributed by atoms with Crippen LogP contribution in [0.1, 0.15) is 96.3 Å². The molecule has 188 valence electrons. The third-order valence-electron chi connectivity index (χ3n) is 10.8. The van der Waals surface area contributed by atoms with Crippen molar-refractivity contribution in [3.63, 3.8) is 0 Å². The lowest BCUT2D eigenvalue weighted by atomic mass is 9.49. The Morgan fingerprint density at radius 3 is 1.50 bits per heavy atom. The first-order valence-corrected chi connectivity index (χ1v) is 14.1. The molecule has 1 unspecified atom stereocenters. The van der Waals surface area contributed by atoms with Gasteiger partial charge in [-0.1, -0.05) is 0 Å². The van der Waals surface area contributed by atoms with E-state index in [0.717, 1.165) is 62.7 Å². The van der Waals surface area contributed by atoms with E-state index in [4.69, 9.17) is 0 Å². The van der Waals surface area contributed by atoms with Gasteiger partial charge in [-0.3, -0.25) is 9.59 Å². The number of carboxylic acid groups (broad SMARTS) is 1. The quantitative estimate of drug-likeness (QED) is 0.439. The average Bonchev–Trinajstić information content (AvgIpc) is 2.75. The highest BCUT2D eigenvalue weighted by atomic mass is 16.4. The van der Waals surface area contributed by atoms with Crippen LogP contribution in [0, 0.1) is 46.3 Å². The van der Waals surface area contributed by atoms with Gasteiger partial charge in [0.2, 0.25) is 11.8 Å². The molecule has 0 saturated heterocycles. The van der Waals surface area contributed by atoms with Crippen LogP contribution >= 0.6 is 0 Å². The maximum Gasteiger partial charge on any atom is 0.326 e. The number of aliphatic carboxylic acids is 1. The SMILES string of the molecule is O=C(O)C(CCCCNC(=O)C12CC3CC(CC(C3)C1)C2)NC(=O)C12CC3CC(CC(C3)C1)C2. The van der Waals surface area contributed by atoms with Gasteiger partial charge < -0.3 is 15.7 Å². The van der Waals surface area contributed by atoms with Crippen LogP contribution in [0.5, 0.6) is 0 Å². The minimum Gasteiger partial charge on any atom is -0.480 e. The van der Waals surface area contributed by atoms with Crippen LogP contribution in [0.25, 0.3) is 0 Å². The lowest BCUT2D eigenvalue weighted by Crippen LogP contribution is -2.56. The van der Waals surface area contributed by atoms with E-state index in [2.05, 4.69) is 10.6 Å². The van der Waals surface area contributed by atoms with E-state index in [9.17, 15) is 19.5 Å². The molecule has 8 rings (SSSR count). The van der Waals surface area contributed by atoms with Gasteiger partial charge in [-0.15, -0.1) is 0 Å². The fourth-order valence-corrected chi connectivity index (χ4v) is 10.2. The van der Waals surface area contributed by atoms with Crippen LogP contribution in [0.3, 0.4) is 0 Å². The number of rotatable bonds is 9. The number of unbranched alkanes of at least 4 members (excludes halogenated alkanes) is 1. The van der Waals surface area contributed by atoms with E-state index >= 15 is 0 Å². The van der Waals surface area contributed by atoms with E-state index < -0.39 is 12.0 Å². The highest BCUT2D eigenvalue weighted by molar-refractivity contribution is 5.88. The van der Waals surface area contributed by atoms with Crippen LogP contribution in [-0.4, -0.2) is 35.5 Å². The number of carbonyl (C=O) groups excluding carboxylic acids is 2. The van der Waals surface area contributed by atoms with Crippen LogP contribution in [0.2, 0.25) is 0 Å². The van der Waals surface area contributed by atoms with Crippen molar-refractivity contribution in [2.45, 2.75) is 102 Å². The van der Waals surface area contributed by atoms with Gasteiger partial charge in [0.05, 0.1) is 0 Å². The summed E-state index contributed by atoms with van der Waals surface area (Å²) in [7, 11) is 0. The van der Waals surface area contributed by atoms with Gasteiger partial charge in [0.25, 0.3) is 0 Å². The molecule has 0 aromatic rings. The second kappa shape index (κ2) is 8.51. The molecule has 0 aromatic carbocycles. The van der Waals surface area contributed by atoms with Crippen LogP contribution in [0.15, 0.2) is 0 Å². The molecule has 34 heavy (non-hydrogen) atoms. The van der Waals surface area contributed by atoms with E-state index in [1.807, 2.05) is 0 Å². The van der Waals surface area contributed by atoms with E-state index in [1.54, 1.807) is 0 Å². The van der Waals surface area contributed by atoms with Gasteiger partial charge in [0.1, 0.15) is 6.04 Å². The van der Waals surface area contributed by atoms with Gasteiger partial charge in [0, 0.05) is 17.4 Å². The zero-order valence-electron chi connectivity index (χ0n) is 20.5. The Balaban J connectivity index is 0.965. The van der Waals surface area contributed by atoms with Gasteiger partial charge in [-0.05, 0) is 132 Å². The summed E-state index contributed by atoms with van der Waals surface area (Å²) in [5.41, 5.74) is -0.432. The maximum atomic E-state index is 13.3. The third-order valence-corrected chi connectivity index (χ3v) is 10.8. The summed E-state index contributed by atoms with van der Waals surface area (Å²) in [4.78, 5) is 38.3. The fourth-order valence-electron chi connectivity index (χ4n) is 10.2. The molecule has 0 radical (unpaired) electrons. The van der Waals surface area contributed by atoms with Gasteiger partial charge >= 0.3 is 5.97 Å². The first-order valence-electron chi connectivity index (χ1n) is 14.1. The van der Waals surface area contributed by atoms with Crippen molar-refractivity contribution in [1.29, 1.82) is 0 Å². The number of hydrogen-bond acceptors (Lipinski definition) is 3. The van der Waals surface area contributed by atoms with E-state index in [-0.39, 0.29) is 22.6 Å². The third kappa shape index (κ3) is 4.07. The fraction of sp³-hybridized carbons (Fsp3) is 0.893. The molecule has 8 aliphatic rings. The minimum absolute atomic E-state index is 0.00545. The molecule has 1 atom stereocenters. The number of nitrogens with one attached hydrogen (secondary N) is 2. The first-order chi connectivity index (χ1) is 16.3. The zero-order chi connectivity index (χ0) is 23.5. The topological polar surface area (TPSA) is 95.5 Å². The monoisotopic (exact) mass is 470 g/mol. The van der Waals surface area contributed by atoms with Gasteiger partial charge in [-0.25, -0.2) is 4.79 Å². The van der Waals surface area contributed by atoms with Crippen LogP contribution in [-0.2, 0) is 14.4 Å². The highest BCUT2D eigenvalue weighted by Crippen LogP contribution is 2.61. The Morgan fingerprint density at radius 1 is 0.676 bits per heavy atom. The largest absolute Gasteiger partial charge is 0.480 e. The van der Waals surface area contributed by atoms with E-state index in [0.29, 0.717) is 37.1 Å². The Hall–Kier alpha value is -1.59. The summed E-state index contributed by atoms with van der Waals surface area (Å²) in [5.74, 6) is 3.57. The molecule has 2 amide bonds. The van der Waals surface area contributed by atoms with Crippen molar-refractivity contribution in [2.75, 3.05) is 6.54 Å². The van der Waals surface area contributed by atoms with Crippen molar-refractivity contribution < 1.29 is 19.5 Å². The second-order valence-corrected chi connectivity index (χ2v) is 13.5. The van der Waals surface area contributed by atoms with Crippen molar-refractivity contribution >= 4 is 17.8 Å². The molecule has 8 saturated carbocycles. The van der Waals surface area contributed by atoms with Gasteiger partial charge in [0.15, 0.2) is 0 Å². The van der Waals surface area contributed by atoms with Crippen LogP contribution < -0.4 is 10.6 Å². The molecule has 8 bridgehead atoms. The molecule has 0 aromatic heterocycles. The van der Waals surface area contributed by atoms with Crippen molar-refractivity contribution in [3.8, 4) is 0 Å². The number of amides is 2. The lowest BCUT2D eigenvalue weighted by Gasteiger charge is -2.55. The smallest absolute Gasteiger partial charge is 0.326 e. The standard InChI is InChI=1S/C28H42N2O4/c31-24(32)23(30-26(34)28-14-20-8-21(15-28)10-22(9-20)16-28)3-1-2-4-29-25(33)27-11-17-5-18(12-27)7-19(6-17)13-27/h17-23H,1-16H2,(H,29,33)(H,30,34)(H,31,32). The highest BCUT2D eigenvalue weighted by Gasteiger charge is 2.56. The summed E-state index contributed by atoms with van der Waals surface area (Å²) in [6.45, 7) is 0.607. The van der Waals surface area contributed by atoms with Gasteiger partial charge in [-0.2, -0.15) is 0 Å². The Kier molecular flexibility index (Phi) is 5.72. The summed E-state index contributed by atoms with van der Waals surface area (Å²) >= 11 is 0. The maximum absolute atomic E-state index is 13.3. The van der Waals surface area contributed by atoms with Crippen molar-refractivity contribution in [2.24, 2.45) is 46.3 Å². The Bertz CT molecular complexity index is 781. The zero-order valence-corrected chi connectivity index (χ0v) is 20.5. The number of carbonyl (C=O) groups is 3. The molecule has 8 aliphatic carbocycles. The molecular formula is C28H42N2O4. The second-order valence-electron chi connectivity index (χ2n) is 13.5.